The Bertz CT molecular complexity index is 557. The van der Waals surface area contributed by atoms with E-state index in [2.05, 4.69) is 29.2 Å². The summed E-state index contributed by atoms with van der Waals surface area (Å²) in [5.41, 5.74) is 0. The predicted molar refractivity (Wildman–Crippen MR) is 85.7 cm³/mol. The SMILES string of the molecule is COCc1nc2n(n1)CCC[C@H]2N[C@H]1CCCN(C(C)C)C1=O. The Morgan fingerprint density at radius 2 is 2.00 bits per heavy atom. The molecule has 128 valence electrons. The molecule has 1 aromatic rings. The molecule has 0 aliphatic carbocycles. The van der Waals surface area contributed by atoms with E-state index in [1.54, 1.807) is 7.11 Å². The third-order valence-electron chi connectivity index (χ3n) is 4.69. The number of rotatable bonds is 5. The second-order valence-electron chi connectivity index (χ2n) is 6.72. The molecule has 0 unspecified atom stereocenters. The summed E-state index contributed by atoms with van der Waals surface area (Å²) in [5, 5.41) is 8.04. The summed E-state index contributed by atoms with van der Waals surface area (Å²) < 4.78 is 7.09. The van der Waals surface area contributed by atoms with Gasteiger partial charge in [-0.2, -0.15) is 5.10 Å². The summed E-state index contributed by atoms with van der Waals surface area (Å²) in [6, 6.07) is 0.253. The lowest BCUT2D eigenvalue weighted by Gasteiger charge is -2.37. The smallest absolute Gasteiger partial charge is 0.239 e. The van der Waals surface area contributed by atoms with E-state index in [1.165, 1.54) is 0 Å². The Balaban J connectivity index is 1.72. The van der Waals surface area contributed by atoms with Gasteiger partial charge in [-0.25, -0.2) is 9.67 Å². The Hall–Kier alpha value is -1.47. The number of nitrogens with zero attached hydrogens (tertiary/aromatic N) is 4. The van der Waals surface area contributed by atoms with E-state index in [4.69, 9.17) is 4.74 Å². The number of hydrogen-bond acceptors (Lipinski definition) is 5. The molecule has 3 rings (SSSR count). The van der Waals surface area contributed by atoms with Gasteiger partial charge in [-0.1, -0.05) is 0 Å². The monoisotopic (exact) mass is 321 g/mol. The van der Waals surface area contributed by atoms with E-state index in [1.807, 2.05) is 9.58 Å². The van der Waals surface area contributed by atoms with Crippen molar-refractivity contribution in [3.8, 4) is 0 Å². The van der Waals surface area contributed by atoms with Gasteiger partial charge in [-0.3, -0.25) is 10.1 Å². The number of likely N-dealkylation sites (tertiary alicyclic amines) is 1. The zero-order valence-corrected chi connectivity index (χ0v) is 14.3. The Labute approximate surface area is 137 Å². The number of aromatic nitrogens is 3. The number of ether oxygens (including phenoxy) is 1. The quantitative estimate of drug-likeness (QED) is 0.883. The van der Waals surface area contributed by atoms with Gasteiger partial charge in [0.2, 0.25) is 5.91 Å². The van der Waals surface area contributed by atoms with E-state index in [-0.39, 0.29) is 24.0 Å². The molecule has 0 saturated carbocycles. The van der Waals surface area contributed by atoms with Crippen LogP contribution in [-0.2, 0) is 22.7 Å². The number of amides is 1. The van der Waals surface area contributed by atoms with Gasteiger partial charge >= 0.3 is 0 Å². The van der Waals surface area contributed by atoms with Gasteiger partial charge in [0.1, 0.15) is 12.4 Å². The number of carbonyl (C=O) groups is 1. The molecule has 1 saturated heterocycles. The average molecular weight is 321 g/mol. The van der Waals surface area contributed by atoms with E-state index in [0.717, 1.165) is 50.4 Å². The maximum Gasteiger partial charge on any atom is 0.239 e. The van der Waals surface area contributed by atoms with E-state index >= 15 is 0 Å². The molecule has 7 heteroatoms. The van der Waals surface area contributed by atoms with Crippen molar-refractivity contribution in [2.24, 2.45) is 0 Å². The van der Waals surface area contributed by atoms with Crippen LogP contribution in [0.5, 0.6) is 0 Å². The van der Waals surface area contributed by atoms with Crippen molar-refractivity contribution < 1.29 is 9.53 Å². The van der Waals surface area contributed by atoms with Crippen molar-refractivity contribution in [3.63, 3.8) is 0 Å². The van der Waals surface area contributed by atoms with Gasteiger partial charge in [0, 0.05) is 26.2 Å². The van der Waals surface area contributed by atoms with Crippen LogP contribution >= 0.6 is 0 Å². The van der Waals surface area contributed by atoms with E-state index < -0.39 is 0 Å². The molecule has 1 aromatic heterocycles. The fourth-order valence-electron chi connectivity index (χ4n) is 3.56. The summed E-state index contributed by atoms with van der Waals surface area (Å²) in [7, 11) is 1.65. The van der Waals surface area contributed by atoms with Crippen LogP contribution in [0.4, 0.5) is 0 Å². The Morgan fingerprint density at radius 3 is 2.74 bits per heavy atom. The van der Waals surface area contributed by atoms with Crippen molar-refractivity contribution in [1.82, 2.24) is 25.0 Å². The summed E-state index contributed by atoms with van der Waals surface area (Å²) in [6.45, 7) is 6.34. The standard InChI is InChI=1S/C16H27N5O2/c1-11(2)20-8-4-7-13(16(20)22)17-12-6-5-9-21-15(12)18-14(19-21)10-23-3/h11-13,17H,4-10H2,1-3H3/t12-,13+/m1/s1. The minimum Gasteiger partial charge on any atom is -0.377 e. The molecular weight excluding hydrogens is 294 g/mol. The predicted octanol–water partition coefficient (Wildman–Crippen LogP) is 1.25. The van der Waals surface area contributed by atoms with Crippen LogP contribution in [0.15, 0.2) is 0 Å². The van der Waals surface area contributed by atoms with E-state index in [9.17, 15) is 4.79 Å². The van der Waals surface area contributed by atoms with Crippen LogP contribution in [0.25, 0.3) is 0 Å². The van der Waals surface area contributed by atoms with Crippen molar-refractivity contribution in [1.29, 1.82) is 0 Å². The highest BCUT2D eigenvalue weighted by molar-refractivity contribution is 5.82. The molecule has 0 spiro atoms. The number of carbonyl (C=O) groups excluding carboxylic acids is 1. The first-order valence-electron chi connectivity index (χ1n) is 8.59. The first kappa shape index (κ1) is 16.4. The third kappa shape index (κ3) is 3.40. The molecule has 1 N–H and O–H groups in total. The van der Waals surface area contributed by atoms with Crippen LogP contribution in [0, 0.1) is 0 Å². The first-order chi connectivity index (χ1) is 11.1. The lowest BCUT2D eigenvalue weighted by Crippen LogP contribution is -2.54. The fraction of sp³-hybridized carbons (Fsp3) is 0.812. The van der Waals surface area contributed by atoms with Crippen LogP contribution in [-0.4, -0.2) is 51.3 Å². The molecular formula is C16H27N5O2. The van der Waals surface area contributed by atoms with Gasteiger partial charge in [0.05, 0.1) is 12.1 Å². The zero-order chi connectivity index (χ0) is 16.4. The number of methoxy groups -OCH3 is 1. The highest BCUT2D eigenvalue weighted by Crippen LogP contribution is 2.26. The van der Waals surface area contributed by atoms with Crippen LogP contribution in [0.1, 0.15) is 57.2 Å². The van der Waals surface area contributed by atoms with Gasteiger partial charge in [0.15, 0.2) is 5.82 Å². The Kier molecular flexibility index (Phi) is 4.96. The summed E-state index contributed by atoms with van der Waals surface area (Å²) in [6.07, 6.45) is 4.00. The van der Waals surface area contributed by atoms with Crippen molar-refractivity contribution in [3.05, 3.63) is 11.6 Å². The zero-order valence-electron chi connectivity index (χ0n) is 14.3. The van der Waals surface area contributed by atoms with Gasteiger partial charge in [-0.15, -0.1) is 0 Å². The molecule has 0 bridgehead atoms. The topological polar surface area (TPSA) is 72.3 Å². The van der Waals surface area contributed by atoms with Gasteiger partial charge < -0.3 is 9.64 Å². The first-order valence-corrected chi connectivity index (χ1v) is 8.59. The molecule has 2 atom stereocenters. The highest BCUT2D eigenvalue weighted by Gasteiger charge is 2.34. The number of nitrogens with one attached hydrogen (secondary N) is 1. The highest BCUT2D eigenvalue weighted by atomic mass is 16.5. The molecule has 0 radical (unpaired) electrons. The summed E-state index contributed by atoms with van der Waals surface area (Å²) in [5.74, 6) is 1.88. The molecule has 2 aliphatic rings. The number of hydrogen-bond donors (Lipinski definition) is 1. The van der Waals surface area contributed by atoms with E-state index in [0.29, 0.717) is 6.61 Å². The minimum atomic E-state index is -0.106. The lowest BCUT2D eigenvalue weighted by atomic mass is 10.00. The van der Waals surface area contributed by atoms with Crippen molar-refractivity contribution in [2.75, 3.05) is 13.7 Å². The molecule has 1 amide bonds. The maximum atomic E-state index is 12.7. The van der Waals surface area contributed by atoms with Gasteiger partial charge in [0.25, 0.3) is 0 Å². The minimum absolute atomic E-state index is 0.0999. The Morgan fingerprint density at radius 1 is 1.26 bits per heavy atom. The third-order valence-corrected chi connectivity index (χ3v) is 4.69. The molecule has 3 heterocycles. The average Bonchev–Trinajstić information content (AvgIpc) is 2.93. The molecule has 7 nitrogen and oxygen atoms in total. The van der Waals surface area contributed by atoms with Crippen LogP contribution in [0.3, 0.4) is 0 Å². The summed E-state index contributed by atoms with van der Waals surface area (Å²) >= 11 is 0. The van der Waals surface area contributed by atoms with Crippen LogP contribution in [0.2, 0.25) is 0 Å². The lowest BCUT2D eigenvalue weighted by molar-refractivity contribution is -0.138. The fourth-order valence-corrected chi connectivity index (χ4v) is 3.56. The molecule has 2 aliphatic heterocycles. The second kappa shape index (κ2) is 6.97. The molecule has 23 heavy (non-hydrogen) atoms. The van der Waals surface area contributed by atoms with Crippen molar-refractivity contribution in [2.45, 2.75) is 70.8 Å². The van der Waals surface area contributed by atoms with Crippen molar-refractivity contribution >= 4 is 5.91 Å². The molecule has 1 fully saturated rings. The summed E-state index contributed by atoms with van der Waals surface area (Å²) in [4.78, 5) is 19.2. The maximum absolute atomic E-state index is 12.7. The molecule has 0 aromatic carbocycles. The second-order valence-corrected chi connectivity index (χ2v) is 6.72. The number of aryl methyl sites for hydroxylation is 1. The number of fused-ring (bicyclic) bond motifs is 1. The largest absolute Gasteiger partial charge is 0.377 e. The van der Waals surface area contributed by atoms with Gasteiger partial charge in [-0.05, 0) is 39.5 Å². The normalized spacial score (nSPS) is 25.0. The number of piperidine rings is 1. The van der Waals surface area contributed by atoms with Crippen LogP contribution < -0.4 is 5.32 Å².